The van der Waals surface area contributed by atoms with Gasteiger partial charge in [0.15, 0.2) is 0 Å². The van der Waals surface area contributed by atoms with Gasteiger partial charge >= 0.3 is 6.18 Å². The largest absolute Gasteiger partial charge is 0.416 e. The van der Waals surface area contributed by atoms with E-state index in [1.807, 2.05) is 40.7 Å². The van der Waals surface area contributed by atoms with Crippen LogP contribution >= 0.6 is 0 Å². The summed E-state index contributed by atoms with van der Waals surface area (Å²) in [5, 5.41) is 1.10. The smallest absolute Gasteiger partial charge is 0.352 e. The maximum absolute atomic E-state index is 13.4. The first-order valence-electron chi connectivity index (χ1n) is 11.0. The summed E-state index contributed by atoms with van der Waals surface area (Å²) in [6, 6.07) is 13.8. The number of rotatable bonds is 10. The van der Waals surface area contributed by atoms with Crippen molar-refractivity contribution < 1.29 is 21.6 Å². The fourth-order valence-electron chi connectivity index (χ4n) is 3.88. The maximum Gasteiger partial charge on any atom is 0.416 e. The third-order valence-corrected chi connectivity index (χ3v) is 6.30. The molecule has 0 aromatic heterocycles. The molecule has 0 bridgehead atoms. The van der Waals surface area contributed by atoms with Crippen LogP contribution in [0.4, 0.5) is 18.9 Å². The Morgan fingerprint density at radius 1 is 0.970 bits per heavy atom. The van der Waals surface area contributed by atoms with Crippen molar-refractivity contribution in [1.82, 2.24) is 4.72 Å². The Kier molecular flexibility index (Phi) is 9.14. The maximum atomic E-state index is 13.4. The molecule has 0 aliphatic rings. The minimum Gasteiger partial charge on any atom is -0.352 e. The van der Waals surface area contributed by atoms with Crippen LogP contribution in [0.15, 0.2) is 60.0 Å². The van der Waals surface area contributed by atoms with Crippen molar-refractivity contribution in [2.75, 3.05) is 4.90 Å². The summed E-state index contributed by atoms with van der Waals surface area (Å²) in [6.07, 6.45) is -3.04. The number of nitrogens with one attached hydrogen (secondary N) is 1. The summed E-state index contributed by atoms with van der Waals surface area (Å²) in [5.41, 5.74) is 0.274. The van der Waals surface area contributed by atoms with Gasteiger partial charge in [0, 0.05) is 17.1 Å². The third-order valence-electron chi connectivity index (χ3n) is 5.23. The molecule has 1 N–H and O–H groups in total. The molecule has 0 spiro atoms. The van der Waals surface area contributed by atoms with Crippen LogP contribution in [0, 0.1) is 11.8 Å². The Morgan fingerprint density at radius 2 is 1.61 bits per heavy atom. The monoisotopic (exact) mass is 482 g/mol. The SMILES string of the molecule is CC(C)CC(C)C(NS(=O)(=O)/C=C/c1ccccc1)N(c1cccc(C(F)(F)F)c1)C(C)C. The average Bonchev–Trinajstić information content (AvgIpc) is 2.71. The quantitative estimate of drug-likeness (QED) is 0.392. The molecule has 2 rings (SSSR count). The van der Waals surface area contributed by atoms with E-state index in [1.54, 1.807) is 35.2 Å². The minimum absolute atomic E-state index is 0.165. The molecule has 0 aliphatic heterocycles. The lowest BCUT2D eigenvalue weighted by atomic mass is 9.94. The number of anilines is 1. The van der Waals surface area contributed by atoms with E-state index in [1.165, 1.54) is 12.1 Å². The van der Waals surface area contributed by atoms with Gasteiger partial charge in [-0.25, -0.2) is 8.42 Å². The van der Waals surface area contributed by atoms with E-state index in [0.29, 0.717) is 12.1 Å². The summed E-state index contributed by atoms with van der Waals surface area (Å²) in [5.74, 6) is 0.115. The van der Waals surface area contributed by atoms with Crippen LogP contribution in [0.1, 0.15) is 52.2 Å². The second-order valence-electron chi connectivity index (χ2n) is 8.98. The van der Waals surface area contributed by atoms with Crippen LogP contribution in [-0.2, 0) is 16.2 Å². The van der Waals surface area contributed by atoms with E-state index in [2.05, 4.69) is 4.72 Å². The molecule has 2 atom stereocenters. The lowest BCUT2D eigenvalue weighted by molar-refractivity contribution is -0.137. The molecule has 0 saturated carbocycles. The van der Waals surface area contributed by atoms with Gasteiger partial charge in [-0.15, -0.1) is 0 Å². The van der Waals surface area contributed by atoms with Crippen molar-refractivity contribution in [3.63, 3.8) is 0 Å². The van der Waals surface area contributed by atoms with Gasteiger partial charge in [-0.2, -0.15) is 17.9 Å². The summed E-state index contributed by atoms with van der Waals surface area (Å²) in [6.45, 7) is 9.65. The molecule has 182 valence electrons. The molecule has 0 heterocycles. The molecule has 0 saturated heterocycles. The van der Waals surface area contributed by atoms with Gasteiger partial charge in [0.05, 0.1) is 11.7 Å². The Morgan fingerprint density at radius 3 is 2.15 bits per heavy atom. The zero-order valence-corrected chi connectivity index (χ0v) is 20.5. The van der Waals surface area contributed by atoms with E-state index in [9.17, 15) is 21.6 Å². The van der Waals surface area contributed by atoms with E-state index in [-0.39, 0.29) is 17.9 Å². The molecular weight excluding hydrogens is 449 g/mol. The number of nitrogens with zero attached hydrogens (tertiary/aromatic N) is 1. The van der Waals surface area contributed by atoms with E-state index in [0.717, 1.165) is 23.1 Å². The normalized spacial score (nSPS) is 14.7. The Bertz CT molecular complexity index is 1020. The van der Waals surface area contributed by atoms with E-state index >= 15 is 0 Å². The van der Waals surface area contributed by atoms with Crippen molar-refractivity contribution in [2.45, 2.75) is 59.4 Å². The van der Waals surface area contributed by atoms with Gasteiger partial charge in [-0.3, -0.25) is 0 Å². The summed E-state index contributed by atoms with van der Waals surface area (Å²) in [7, 11) is -3.88. The predicted octanol–water partition coefficient (Wildman–Crippen LogP) is 6.52. The van der Waals surface area contributed by atoms with Crippen molar-refractivity contribution in [1.29, 1.82) is 0 Å². The van der Waals surface area contributed by atoms with Crippen LogP contribution in [0.3, 0.4) is 0 Å². The summed E-state index contributed by atoms with van der Waals surface area (Å²) in [4.78, 5) is 1.72. The highest BCUT2D eigenvalue weighted by Gasteiger charge is 2.34. The second kappa shape index (κ2) is 11.2. The first-order chi connectivity index (χ1) is 15.3. The fraction of sp³-hybridized carbons (Fsp3) is 0.440. The number of hydrogen-bond donors (Lipinski definition) is 1. The Hall–Kier alpha value is -2.32. The lowest BCUT2D eigenvalue weighted by Crippen LogP contribution is -2.54. The van der Waals surface area contributed by atoms with Crippen molar-refractivity contribution in [3.05, 3.63) is 71.1 Å². The van der Waals surface area contributed by atoms with Crippen molar-refractivity contribution >= 4 is 21.8 Å². The molecule has 0 radical (unpaired) electrons. The van der Waals surface area contributed by atoms with Crippen LogP contribution in [0.5, 0.6) is 0 Å². The van der Waals surface area contributed by atoms with Crippen molar-refractivity contribution in [2.24, 2.45) is 11.8 Å². The number of sulfonamides is 1. The minimum atomic E-state index is -4.49. The predicted molar refractivity (Wildman–Crippen MR) is 129 cm³/mol. The zero-order valence-electron chi connectivity index (χ0n) is 19.7. The van der Waals surface area contributed by atoms with Gasteiger partial charge < -0.3 is 4.90 Å². The van der Waals surface area contributed by atoms with Gasteiger partial charge in [0.2, 0.25) is 10.0 Å². The summed E-state index contributed by atoms with van der Waals surface area (Å²) >= 11 is 0. The lowest BCUT2D eigenvalue weighted by Gasteiger charge is -2.41. The summed E-state index contributed by atoms with van der Waals surface area (Å²) < 4.78 is 68.8. The molecular formula is C25H33F3N2O2S. The number of hydrogen-bond acceptors (Lipinski definition) is 3. The zero-order chi connectivity index (χ0) is 24.8. The number of halogens is 3. The molecule has 4 nitrogen and oxygen atoms in total. The average molecular weight is 483 g/mol. The highest BCUT2D eigenvalue weighted by molar-refractivity contribution is 7.92. The molecule has 2 aromatic carbocycles. The van der Waals surface area contributed by atoms with Crippen LogP contribution < -0.4 is 9.62 Å². The molecule has 2 unspecified atom stereocenters. The van der Waals surface area contributed by atoms with Gasteiger partial charge in [-0.05, 0) is 61.9 Å². The first kappa shape index (κ1) is 26.9. The molecule has 0 fully saturated rings. The topological polar surface area (TPSA) is 49.4 Å². The van der Waals surface area contributed by atoms with Crippen LogP contribution in [-0.4, -0.2) is 20.6 Å². The third kappa shape index (κ3) is 8.19. The number of benzene rings is 2. The standard InChI is InChI=1S/C25H33F3N2O2S/c1-18(2)16-20(5)24(29-33(31,32)15-14-21-10-7-6-8-11-21)30(19(3)4)23-13-9-12-22(17-23)25(26,27)28/h6-15,17-20,24,29H,16H2,1-5H3/b15-14+. The Labute approximate surface area is 195 Å². The Balaban J connectivity index is 2.46. The fourth-order valence-corrected chi connectivity index (χ4v) is 4.98. The highest BCUT2D eigenvalue weighted by atomic mass is 32.2. The molecule has 0 amide bonds. The molecule has 0 aliphatic carbocycles. The number of alkyl halides is 3. The van der Waals surface area contributed by atoms with Crippen molar-refractivity contribution in [3.8, 4) is 0 Å². The van der Waals surface area contributed by atoms with Gasteiger partial charge in [0.1, 0.15) is 0 Å². The molecule has 2 aromatic rings. The van der Waals surface area contributed by atoms with Gasteiger partial charge in [-0.1, -0.05) is 57.2 Å². The van der Waals surface area contributed by atoms with Crippen LogP contribution in [0.2, 0.25) is 0 Å². The van der Waals surface area contributed by atoms with Crippen LogP contribution in [0.25, 0.3) is 6.08 Å². The molecule has 8 heteroatoms. The molecule has 33 heavy (non-hydrogen) atoms. The first-order valence-corrected chi connectivity index (χ1v) is 12.6. The van der Waals surface area contributed by atoms with E-state index < -0.39 is 27.9 Å². The van der Waals surface area contributed by atoms with Gasteiger partial charge in [0.25, 0.3) is 0 Å². The van der Waals surface area contributed by atoms with E-state index in [4.69, 9.17) is 0 Å². The highest BCUT2D eigenvalue weighted by Crippen LogP contribution is 2.34. The second-order valence-corrected chi connectivity index (χ2v) is 10.6.